The molecule has 100 valence electrons. The molecular formula is C15H18N2OS. The van der Waals surface area contributed by atoms with E-state index in [1.54, 1.807) is 11.3 Å². The Morgan fingerprint density at radius 2 is 2.21 bits per heavy atom. The van der Waals surface area contributed by atoms with Gasteiger partial charge in [0.25, 0.3) is 0 Å². The second-order valence-electron chi connectivity index (χ2n) is 5.70. The van der Waals surface area contributed by atoms with E-state index >= 15 is 0 Å². The van der Waals surface area contributed by atoms with Gasteiger partial charge in [0.05, 0.1) is 11.3 Å². The number of hydrogen-bond acceptors (Lipinski definition) is 4. The second kappa shape index (κ2) is 4.32. The van der Waals surface area contributed by atoms with Crippen LogP contribution in [-0.4, -0.2) is 10.6 Å². The van der Waals surface area contributed by atoms with Gasteiger partial charge in [-0.1, -0.05) is 12.1 Å². The monoisotopic (exact) mass is 274 g/mol. The molecule has 1 aromatic heterocycles. The molecular weight excluding hydrogens is 256 g/mol. The van der Waals surface area contributed by atoms with Crippen LogP contribution < -0.4 is 10.5 Å². The van der Waals surface area contributed by atoms with Gasteiger partial charge in [-0.25, -0.2) is 4.98 Å². The third-order valence-corrected chi connectivity index (χ3v) is 4.20. The Labute approximate surface area is 117 Å². The number of aromatic nitrogens is 1. The summed E-state index contributed by atoms with van der Waals surface area (Å²) in [7, 11) is 0. The first kappa shape index (κ1) is 12.6. The summed E-state index contributed by atoms with van der Waals surface area (Å²) in [5.41, 5.74) is 9.04. The zero-order valence-electron chi connectivity index (χ0n) is 11.4. The van der Waals surface area contributed by atoms with Gasteiger partial charge in [0.15, 0.2) is 0 Å². The lowest BCUT2D eigenvalue weighted by atomic mass is 10.0. The molecule has 19 heavy (non-hydrogen) atoms. The molecule has 0 aliphatic carbocycles. The van der Waals surface area contributed by atoms with Crippen molar-refractivity contribution in [1.82, 2.24) is 4.98 Å². The predicted octanol–water partition coefficient (Wildman–Crippen LogP) is 3.54. The van der Waals surface area contributed by atoms with Crippen LogP contribution in [0.4, 0.5) is 0 Å². The van der Waals surface area contributed by atoms with Crippen LogP contribution in [-0.2, 0) is 6.42 Å². The number of ether oxygens (including phenoxy) is 1. The largest absolute Gasteiger partial charge is 0.486 e. The summed E-state index contributed by atoms with van der Waals surface area (Å²) in [6, 6.07) is 6.25. The maximum atomic E-state index is 6.08. The number of hydrogen-bond donors (Lipinski definition) is 1. The van der Waals surface area contributed by atoms with E-state index in [2.05, 4.69) is 37.0 Å². The minimum atomic E-state index is -0.125. The lowest BCUT2D eigenvalue weighted by Crippen LogP contribution is -2.24. The van der Waals surface area contributed by atoms with Gasteiger partial charge >= 0.3 is 0 Å². The number of thiazole rings is 1. The standard InChI is InChI=1S/C15H18N2OS/c1-9(16)12-8-19-14(17-12)11-6-4-5-10-7-15(2,3)18-13(10)11/h4-6,8-9H,7,16H2,1-3H3. The number of nitrogens with zero attached hydrogens (tertiary/aromatic N) is 1. The highest BCUT2D eigenvalue weighted by Crippen LogP contribution is 2.43. The Hall–Kier alpha value is -1.39. The summed E-state index contributed by atoms with van der Waals surface area (Å²) in [5, 5.41) is 3.02. The van der Waals surface area contributed by atoms with Gasteiger partial charge in [0.1, 0.15) is 16.4 Å². The maximum Gasteiger partial charge on any atom is 0.133 e. The molecule has 0 spiro atoms. The van der Waals surface area contributed by atoms with Crippen molar-refractivity contribution in [2.45, 2.75) is 38.8 Å². The first-order valence-corrected chi connectivity index (χ1v) is 7.36. The minimum absolute atomic E-state index is 0.0286. The fourth-order valence-electron chi connectivity index (χ4n) is 2.40. The molecule has 2 N–H and O–H groups in total. The van der Waals surface area contributed by atoms with E-state index in [-0.39, 0.29) is 11.6 Å². The fourth-order valence-corrected chi connectivity index (χ4v) is 3.35. The van der Waals surface area contributed by atoms with E-state index < -0.39 is 0 Å². The summed E-state index contributed by atoms with van der Waals surface area (Å²) in [4.78, 5) is 4.62. The van der Waals surface area contributed by atoms with Crippen LogP contribution in [0.25, 0.3) is 10.6 Å². The molecule has 1 unspecified atom stereocenters. The van der Waals surface area contributed by atoms with Crippen molar-refractivity contribution >= 4 is 11.3 Å². The Balaban J connectivity index is 2.05. The van der Waals surface area contributed by atoms with Crippen molar-refractivity contribution in [3.05, 3.63) is 34.8 Å². The third kappa shape index (κ3) is 2.26. The zero-order chi connectivity index (χ0) is 13.6. The maximum absolute atomic E-state index is 6.08. The summed E-state index contributed by atoms with van der Waals surface area (Å²) in [6.45, 7) is 6.19. The number of fused-ring (bicyclic) bond motifs is 1. The van der Waals surface area contributed by atoms with Crippen molar-refractivity contribution in [1.29, 1.82) is 0 Å². The van der Waals surface area contributed by atoms with Crippen molar-refractivity contribution in [3.8, 4) is 16.3 Å². The van der Waals surface area contributed by atoms with Gasteiger partial charge in [-0.15, -0.1) is 11.3 Å². The molecule has 0 radical (unpaired) electrons. The number of nitrogens with two attached hydrogens (primary N) is 1. The second-order valence-corrected chi connectivity index (χ2v) is 6.56. The van der Waals surface area contributed by atoms with Crippen LogP contribution in [0.1, 0.15) is 38.1 Å². The normalized spacial score (nSPS) is 17.9. The third-order valence-electron chi connectivity index (χ3n) is 3.31. The van der Waals surface area contributed by atoms with Crippen molar-refractivity contribution in [2.24, 2.45) is 5.73 Å². The van der Waals surface area contributed by atoms with Crippen LogP contribution >= 0.6 is 11.3 Å². The van der Waals surface area contributed by atoms with Gasteiger partial charge in [-0.2, -0.15) is 0 Å². The molecule has 1 aliphatic rings. The topological polar surface area (TPSA) is 48.1 Å². The van der Waals surface area contributed by atoms with Gasteiger partial charge in [-0.05, 0) is 32.4 Å². The molecule has 1 aliphatic heterocycles. The molecule has 0 amide bonds. The Kier molecular flexibility index (Phi) is 2.87. The SMILES string of the molecule is CC(N)c1csc(-c2cccc3c2OC(C)(C)C3)n1. The number of para-hydroxylation sites is 1. The lowest BCUT2D eigenvalue weighted by molar-refractivity contribution is 0.139. The quantitative estimate of drug-likeness (QED) is 0.911. The van der Waals surface area contributed by atoms with E-state index in [4.69, 9.17) is 10.5 Å². The Morgan fingerprint density at radius 1 is 1.42 bits per heavy atom. The van der Waals surface area contributed by atoms with Gasteiger partial charge in [-0.3, -0.25) is 0 Å². The average Bonchev–Trinajstić information content (AvgIpc) is 2.90. The van der Waals surface area contributed by atoms with E-state index in [1.807, 2.05) is 12.3 Å². The van der Waals surface area contributed by atoms with Crippen LogP contribution in [0.2, 0.25) is 0 Å². The molecule has 1 atom stereocenters. The van der Waals surface area contributed by atoms with E-state index in [0.29, 0.717) is 0 Å². The highest BCUT2D eigenvalue weighted by atomic mass is 32.1. The van der Waals surface area contributed by atoms with Crippen LogP contribution in [0.15, 0.2) is 23.6 Å². The van der Waals surface area contributed by atoms with E-state index in [9.17, 15) is 0 Å². The molecule has 3 rings (SSSR count). The molecule has 0 fully saturated rings. The van der Waals surface area contributed by atoms with Crippen LogP contribution in [0, 0.1) is 0 Å². The van der Waals surface area contributed by atoms with Crippen molar-refractivity contribution in [3.63, 3.8) is 0 Å². The first-order valence-electron chi connectivity index (χ1n) is 6.48. The molecule has 0 bridgehead atoms. The molecule has 0 saturated carbocycles. The van der Waals surface area contributed by atoms with E-state index in [0.717, 1.165) is 28.4 Å². The highest BCUT2D eigenvalue weighted by Gasteiger charge is 2.32. The van der Waals surface area contributed by atoms with E-state index in [1.165, 1.54) is 5.56 Å². The Morgan fingerprint density at radius 3 is 2.89 bits per heavy atom. The van der Waals surface area contributed by atoms with Crippen molar-refractivity contribution in [2.75, 3.05) is 0 Å². The molecule has 2 aromatic rings. The highest BCUT2D eigenvalue weighted by molar-refractivity contribution is 7.13. The summed E-state index contributed by atoms with van der Waals surface area (Å²) < 4.78 is 6.08. The predicted molar refractivity (Wildman–Crippen MR) is 78.6 cm³/mol. The Bertz CT molecular complexity index is 616. The molecule has 2 heterocycles. The number of benzene rings is 1. The molecule has 0 saturated heterocycles. The lowest BCUT2D eigenvalue weighted by Gasteiger charge is -2.17. The summed E-state index contributed by atoms with van der Waals surface area (Å²) in [5.74, 6) is 0.984. The zero-order valence-corrected chi connectivity index (χ0v) is 12.3. The van der Waals surface area contributed by atoms with Gasteiger partial charge in [0.2, 0.25) is 0 Å². The first-order chi connectivity index (χ1) is 8.96. The smallest absolute Gasteiger partial charge is 0.133 e. The average molecular weight is 274 g/mol. The van der Waals surface area contributed by atoms with Crippen LogP contribution in [0.5, 0.6) is 5.75 Å². The number of rotatable bonds is 2. The van der Waals surface area contributed by atoms with Gasteiger partial charge in [0, 0.05) is 17.8 Å². The minimum Gasteiger partial charge on any atom is -0.486 e. The summed E-state index contributed by atoms with van der Waals surface area (Å²) >= 11 is 1.63. The molecule has 4 heteroatoms. The molecule has 1 aromatic carbocycles. The van der Waals surface area contributed by atoms with Gasteiger partial charge < -0.3 is 10.5 Å². The summed E-state index contributed by atoms with van der Waals surface area (Å²) in [6.07, 6.45) is 0.946. The fraction of sp³-hybridized carbons (Fsp3) is 0.400. The molecule has 3 nitrogen and oxygen atoms in total. The van der Waals surface area contributed by atoms with Crippen LogP contribution in [0.3, 0.4) is 0 Å². The van der Waals surface area contributed by atoms with Crippen molar-refractivity contribution < 1.29 is 4.74 Å².